The van der Waals surface area contributed by atoms with Gasteiger partial charge in [-0.25, -0.2) is 0 Å². The first-order valence-corrected chi connectivity index (χ1v) is 3.72. The molecule has 0 rings (SSSR count). The van der Waals surface area contributed by atoms with Gasteiger partial charge in [-0.05, 0) is 0 Å². The Hall–Kier alpha value is 0.524. The van der Waals surface area contributed by atoms with Crippen LogP contribution in [0.15, 0.2) is 0 Å². The second-order valence-corrected chi connectivity index (χ2v) is 2.68. The molecule has 0 aliphatic carbocycles. The minimum Gasteiger partial charge on any atom is -0.387 e. The number of hydrogen-bond donors (Lipinski definition) is 2. The maximum absolute atomic E-state index is 12.4. The zero-order valence-electron chi connectivity index (χ0n) is 8.18. The van der Waals surface area contributed by atoms with Crippen molar-refractivity contribution < 1.29 is 78.7 Å². The van der Waals surface area contributed by atoms with Crippen molar-refractivity contribution in [3.8, 4) is 0 Å². The van der Waals surface area contributed by atoms with E-state index >= 15 is 0 Å². The molecule has 0 saturated carbocycles. The number of ether oxygens (including phenoxy) is 2. The molecule has 0 amide bonds. The third-order valence-electron chi connectivity index (χ3n) is 1.09. The van der Waals surface area contributed by atoms with Crippen LogP contribution in [0, 0.1) is 0 Å². The molecule has 4 nitrogen and oxygen atoms in total. The maximum Gasteiger partial charge on any atom is 0.379 e. The van der Waals surface area contributed by atoms with Gasteiger partial charge in [-0.15, -0.1) is 0 Å². The fourth-order valence-corrected chi connectivity index (χ4v) is 0.469. The van der Waals surface area contributed by atoms with E-state index in [9.17, 15) is 26.3 Å². The molecule has 0 heterocycles. The van der Waals surface area contributed by atoms with Crippen molar-refractivity contribution >= 4 is 0 Å². The standard InChI is InChI=1S/C6H8F6O4.Y/c7-4(8,14)2-15-6(11,12)3-16-5(9,10)1-13;/h13-14H,1-3H2;. The molecule has 2 N–H and O–H groups in total. The summed E-state index contributed by atoms with van der Waals surface area (Å²) in [5.74, 6) is 0. The van der Waals surface area contributed by atoms with Gasteiger partial charge in [0.15, 0.2) is 0 Å². The van der Waals surface area contributed by atoms with Crippen LogP contribution in [-0.2, 0) is 42.2 Å². The average Bonchev–Trinajstić information content (AvgIpc) is 2.12. The predicted molar refractivity (Wildman–Crippen MR) is 36.0 cm³/mol. The van der Waals surface area contributed by atoms with E-state index < -0.39 is 38.1 Å². The van der Waals surface area contributed by atoms with E-state index in [1.165, 1.54) is 0 Å². The third kappa shape index (κ3) is 11.4. The molecule has 0 aromatic carbocycles. The van der Waals surface area contributed by atoms with Gasteiger partial charge in [0.2, 0.25) is 0 Å². The van der Waals surface area contributed by atoms with Gasteiger partial charge in [0.25, 0.3) is 0 Å². The molecule has 0 fully saturated rings. The van der Waals surface area contributed by atoms with Crippen molar-refractivity contribution in [2.75, 3.05) is 19.8 Å². The zero-order chi connectivity index (χ0) is 13.0. The van der Waals surface area contributed by atoms with E-state index in [1.54, 1.807) is 0 Å². The number of alkyl halides is 6. The van der Waals surface area contributed by atoms with Gasteiger partial charge in [-0.1, -0.05) is 0 Å². The van der Waals surface area contributed by atoms with Crippen LogP contribution in [-0.4, -0.2) is 48.4 Å². The van der Waals surface area contributed by atoms with Gasteiger partial charge in [-0.3, -0.25) is 0 Å². The van der Waals surface area contributed by atoms with Crippen LogP contribution in [0.4, 0.5) is 26.3 Å². The molecule has 0 atom stereocenters. The van der Waals surface area contributed by atoms with E-state index in [4.69, 9.17) is 10.2 Å². The third-order valence-corrected chi connectivity index (χ3v) is 1.09. The number of aliphatic hydroxyl groups excluding tert-OH is 1. The van der Waals surface area contributed by atoms with Gasteiger partial charge >= 0.3 is 18.3 Å². The molecule has 0 aliphatic rings. The SMILES string of the molecule is OCC(F)(F)OCC(F)(F)OCC(O)(F)F.[Y]. The molecule has 0 unspecified atom stereocenters. The molecule has 0 aromatic heterocycles. The quantitative estimate of drug-likeness (QED) is 0.669. The van der Waals surface area contributed by atoms with Crippen LogP contribution in [0.25, 0.3) is 0 Å². The van der Waals surface area contributed by atoms with Crippen LogP contribution >= 0.6 is 0 Å². The number of halogens is 6. The monoisotopic (exact) mass is 347 g/mol. The van der Waals surface area contributed by atoms with Gasteiger partial charge in [0.1, 0.15) is 19.8 Å². The van der Waals surface area contributed by atoms with Crippen molar-refractivity contribution in [3.05, 3.63) is 0 Å². The van der Waals surface area contributed by atoms with Gasteiger partial charge in [0, 0.05) is 32.7 Å². The first kappa shape index (κ1) is 19.9. The second kappa shape index (κ2) is 7.20. The Labute approximate surface area is 117 Å². The van der Waals surface area contributed by atoms with E-state index in [1.807, 2.05) is 0 Å². The number of rotatable bonds is 7. The summed E-state index contributed by atoms with van der Waals surface area (Å²) in [5.41, 5.74) is 0. The number of hydrogen-bond acceptors (Lipinski definition) is 4. The summed E-state index contributed by atoms with van der Waals surface area (Å²) < 4.78 is 78.7. The molecule has 1 radical (unpaired) electrons. The predicted octanol–water partition coefficient (Wildman–Crippen LogP) is 0.780. The Balaban J connectivity index is 0. The zero-order valence-corrected chi connectivity index (χ0v) is 11.0. The van der Waals surface area contributed by atoms with Crippen LogP contribution in [0.2, 0.25) is 0 Å². The van der Waals surface area contributed by atoms with Crippen LogP contribution in [0.5, 0.6) is 0 Å². The first-order chi connectivity index (χ1) is 6.97. The average molecular weight is 347 g/mol. The summed E-state index contributed by atoms with van der Waals surface area (Å²) in [4.78, 5) is 0. The van der Waals surface area contributed by atoms with Crippen molar-refractivity contribution in [1.29, 1.82) is 0 Å². The van der Waals surface area contributed by atoms with Crippen LogP contribution in [0.3, 0.4) is 0 Å². The minimum absolute atomic E-state index is 0. The normalized spacial score (nSPS) is 13.4. The molecular formula is C6H8F6O4Y. The Kier molecular flexibility index (Phi) is 8.40. The molecule has 0 aromatic rings. The summed E-state index contributed by atoms with van der Waals surface area (Å²) >= 11 is 0. The van der Waals surface area contributed by atoms with Crippen LogP contribution in [0.1, 0.15) is 0 Å². The van der Waals surface area contributed by atoms with E-state index in [0.29, 0.717) is 0 Å². The molecule has 0 bridgehead atoms. The topological polar surface area (TPSA) is 58.9 Å². The molecule has 11 heteroatoms. The molecule has 0 spiro atoms. The van der Waals surface area contributed by atoms with Crippen molar-refractivity contribution in [3.63, 3.8) is 0 Å². The van der Waals surface area contributed by atoms with Crippen molar-refractivity contribution in [2.45, 2.75) is 18.3 Å². The summed E-state index contributed by atoms with van der Waals surface area (Å²) in [5, 5.41) is 15.7. The molecule has 17 heavy (non-hydrogen) atoms. The smallest absolute Gasteiger partial charge is 0.379 e. The Morgan fingerprint density at radius 2 is 1.24 bits per heavy atom. The van der Waals surface area contributed by atoms with Crippen molar-refractivity contribution in [1.82, 2.24) is 0 Å². The Morgan fingerprint density at radius 3 is 1.59 bits per heavy atom. The van der Waals surface area contributed by atoms with Crippen LogP contribution < -0.4 is 0 Å². The summed E-state index contributed by atoms with van der Waals surface area (Å²) in [6.45, 7) is -5.97. The van der Waals surface area contributed by atoms with E-state index in [0.717, 1.165) is 0 Å². The molecular weight excluding hydrogens is 339 g/mol. The second-order valence-electron chi connectivity index (χ2n) is 2.68. The Bertz CT molecular complexity index is 221. The van der Waals surface area contributed by atoms with E-state index in [-0.39, 0.29) is 32.7 Å². The number of aliphatic hydroxyl groups is 2. The summed E-state index contributed by atoms with van der Waals surface area (Å²) in [6.07, 6.45) is -13.2. The van der Waals surface area contributed by atoms with Gasteiger partial charge in [0.05, 0.1) is 0 Å². The Morgan fingerprint density at radius 1 is 0.824 bits per heavy atom. The maximum atomic E-state index is 12.4. The molecule has 0 aliphatic heterocycles. The minimum atomic E-state index is -4.51. The van der Waals surface area contributed by atoms with Crippen molar-refractivity contribution in [2.24, 2.45) is 0 Å². The van der Waals surface area contributed by atoms with Gasteiger partial charge in [-0.2, -0.15) is 26.3 Å². The largest absolute Gasteiger partial charge is 0.387 e. The summed E-state index contributed by atoms with van der Waals surface area (Å²) in [6, 6.07) is 0. The van der Waals surface area contributed by atoms with Gasteiger partial charge < -0.3 is 19.7 Å². The fraction of sp³-hybridized carbons (Fsp3) is 1.00. The fourth-order valence-electron chi connectivity index (χ4n) is 0.469. The molecule has 101 valence electrons. The first-order valence-electron chi connectivity index (χ1n) is 3.72. The van der Waals surface area contributed by atoms with E-state index in [2.05, 4.69) is 9.47 Å². The summed E-state index contributed by atoms with van der Waals surface area (Å²) in [7, 11) is 0. The molecule has 0 saturated heterocycles.